The van der Waals surface area contributed by atoms with Crippen LogP contribution in [0.1, 0.15) is 26.2 Å². The molecule has 10 heteroatoms. The van der Waals surface area contributed by atoms with Crippen LogP contribution in [0.4, 0.5) is 4.79 Å². The number of hydrogen-bond acceptors (Lipinski definition) is 6. The molecule has 0 aliphatic carbocycles. The number of piperidine rings is 1. The number of morpholine rings is 1. The van der Waals surface area contributed by atoms with Crippen LogP contribution in [-0.4, -0.2) is 118 Å². The molecule has 0 saturated carbocycles. The molecule has 172 valence electrons. The van der Waals surface area contributed by atoms with E-state index in [2.05, 4.69) is 20.5 Å². The standard InChI is InChI=1S/C20H38N6O4/c1-4-30-20(28)26-10-6-17(7-11-26)23-19(22-16-18(27)24(2)3)21-8-5-9-25-12-14-29-15-13-25/h17H,4-16H2,1-3H3,(H2,21,22,23). The van der Waals surface area contributed by atoms with E-state index in [9.17, 15) is 9.59 Å². The van der Waals surface area contributed by atoms with Crippen molar-refractivity contribution in [2.24, 2.45) is 4.99 Å². The Kier molecular flexibility index (Phi) is 10.7. The van der Waals surface area contributed by atoms with Gasteiger partial charge in [0.1, 0.15) is 6.54 Å². The average molecular weight is 427 g/mol. The SMILES string of the molecule is CCOC(=O)N1CCC(NC(=NCC(=O)N(C)C)NCCCN2CCOCC2)CC1. The molecule has 0 radical (unpaired) electrons. The fourth-order valence-corrected chi connectivity index (χ4v) is 3.39. The van der Waals surface area contributed by atoms with Gasteiger partial charge in [-0.15, -0.1) is 0 Å². The lowest BCUT2D eigenvalue weighted by Gasteiger charge is -2.32. The van der Waals surface area contributed by atoms with Crippen LogP contribution >= 0.6 is 0 Å². The molecule has 0 aromatic heterocycles. The first-order valence-corrected chi connectivity index (χ1v) is 11.0. The highest BCUT2D eigenvalue weighted by Gasteiger charge is 2.24. The second-order valence-electron chi connectivity index (χ2n) is 7.79. The van der Waals surface area contributed by atoms with Gasteiger partial charge in [-0.05, 0) is 32.7 Å². The summed E-state index contributed by atoms with van der Waals surface area (Å²) in [6.45, 7) is 8.97. The molecular formula is C20H38N6O4. The van der Waals surface area contributed by atoms with Crippen LogP contribution in [0.25, 0.3) is 0 Å². The van der Waals surface area contributed by atoms with Gasteiger partial charge in [-0.25, -0.2) is 9.79 Å². The molecule has 0 aromatic carbocycles. The Morgan fingerprint density at radius 2 is 1.87 bits per heavy atom. The number of rotatable bonds is 8. The molecule has 0 aromatic rings. The van der Waals surface area contributed by atoms with Crippen LogP contribution in [-0.2, 0) is 14.3 Å². The van der Waals surface area contributed by atoms with Gasteiger partial charge >= 0.3 is 6.09 Å². The Morgan fingerprint density at radius 1 is 1.17 bits per heavy atom. The van der Waals surface area contributed by atoms with Gasteiger partial charge in [-0.1, -0.05) is 0 Å². The minimum absolute atomic E-state index is 0.0402. The Hall–Kier alpha value is -2.07. The van der Waals surface area contributed by atoms with Gasteiger partial charge in [0.25, 0.3) is 0 Å². The summed E-state index contributed by atoms with van der Waals surface area (Å²) in [6, 6.07) is 0.204. The number of carbonyl (C=O) groups excluding carboxylic acids is 2. The van der Waals surface area contributed by atoms with Gasteiger partial charge in [0.2, 0.25) is 5.91 Å². The molecule has 2 saturated heterocycles. The lowest BCUT2D eigenvalue weighted by atomic mass is 10.1. The molecule has 2 rings (SSSR count). The zero-order valence-corrected chi connectivity index (χ0v) is 18.7. The molecule has 30 heavy (non-hydrogen) atoms. The van der Waals surface area contributed by atoms with E-state index in [1.54, 1.807) is 19.0 Å². The quantitative estimate of drug-likeness (QED) is 0.319. The first-order chi connectivity index (χ1) is 14.5. The van der Waals surface area contributed by atoms with E-state index in [-0.39, 0.29) is 24.6 Å². The van der Waals surface area contributed by atoms with E-state index in [0.29, 0.717) is 25.7 Å². The van der Waals surface area contributed by atoms with Gasteiger partial charge in [-0.2, -0.15) is 0 Å². The first kappa shape index (κ1) is 24.2. The van der Waals surface area contributed by atoms with Gasteiger partial charge < -0.3 is 29.9 Å². The smallest absolute Gasteiger partial charge is 0.409 e. The number of nitrogens with zero attached hydrogens (tertiary/aromatic N) is 4. The molecule has 0 bridgehead atoms. The predicted molar refractivity (Wildman–Crippen MR) is 116 cm³/mol. The zero-order chi connectivity index (χ0) is 21.8. The highest BCUT2D eigenvalue weighted by atomic mass is 16.6. The van der Waals surface area contributed by atoms with E-state index in [1.165, 1.54) is 4.90 Å². The topological polar surface area (TPSA) is 98.7 Å². The molecule has 2 aliphatic heterocycles. The van der Waals surface area contributed by atoms with E-state index >= 15 is 0 Å². The number of amides is 2. The summed E-state index contributed by atoms with van der Waals surface area (Å²) in [5, 5.41) is 6.80. The van der Waals surface area contributed by atoms with E-state index < -0.39 is 0 Å². The van der Waals surface area contributed by atoms with Gasteiger partial charge in [0.05, 0.1) is 19.8 Å². The summed E-state index contributed by atoms with van der Waals surface area (Å²) >= 11 is 0. The second kappa shape index (κ2) is 13.3. The predicted octanol–water partition coefficient (Wildman–Crippen LogP) is -0.0470. The third kappa shape index (κ3) is 8.74. The Bertz CT molecular complexity index is 557. The van der Waals surface area contributed by atoms with Crippen molar-refractivity contribution in [3.8, 4) is 0 Å². The van der Waals surface area contributed by atoms with E-state index in [0.717, 1.165) is 58.7 Å². The van der Waals surface area contributed by atoms with Crippen molar-refractivity contribution in [3.05, 3.63) is 0 Å². The third-order valence-corrected chi connectivity index (χ3v) is 5.28. The number of ether oxygens (including phenoxy) is 2. The van der Waals surface area contributed by atoms with Crippen molar-refractivity contribution in [2.45, 2.75) is 32.2 Å². The lowest BCUT2D eigenvalue weighted by molar-refractivity contribution is -0.127. The molecular weight excluding hydrogens is 388 g/mol. The summed E-state index contributed by atoms with van der Waals surface area (Å²) in [5.41, 5.74) is 0. The summed E-state index contributed by atoms with van der Waals surface area (Å²) in [4.78, 5) is 34.0. The fourth-order valence-electron chi connectivity index (χ4n) is 3.39. The maximum Gasteiger partial charge on any atom is 0.409 e. The maximum absolute atomic E-state index is 11.9. The van der Waals surface area contributed by atoms with Crippen LogP contribution in [0.15, 0.2) is 4.99 Å². The van der Waals surface area contributed by atoms with E-state index in [4.69, 9.17) is 9.47 Å². The number of carbonyl (C=O) groups is 2. The maximum atomic E-state index is 11.9. The minimum Gasteiger partial charge on any atom is -0.450 e. The van der Waals surface area contributed by atoms with Crippen molar-refractivity contribution < 1.29 is 19.1 Å². The molecule has 2 aliphatic rings. The van der Waals surface area contributed by atoms with E-state index in [1.807, 2.05) is 6.92 Å². The van der Waals surface area contributed by atoms with Gasteiger partial charge in [0.15, 0.2) is 5.96 Å². The molecule has 2 fully saturated rings. The highest BCUT2D eigenvalue weighted by Crippen LogP contribution is 2.11. The van der Waals surface area contributed by atoms with Crippen molar-refractivity contribution in [2.75, 3.05) is 79.7 Å². The van der Waals surface area contributed by atoms with Crippen LogP contribution in [0, 0.1) is 0 Å². The Balaban J connectivity index is 1.79. The Morgan fingerprint density at radius 3 is 2.50 bits per heavy atom. The summed E-state index contributed by atoms with van der Waals surface area (Å²) < 4.78 is 10.5. The van der Waals surface area contributed by atoms with Crippen LogP contribution in [0.2, 0.25) is 0 Å². The highest BCUT2D eigenvalue weighted by molar-refractivity contribution is 5.85. The molecule has 10 nitrogen and oxygen atoms in total. The number of aliphatic imine (C=N–C) groups is 1. The van der Waals surface area contributed by atoms with Crippen molar-refractivity contribution in [1.82, 2.24) is 25.3 Å². The molecule has 2 heterocycles. The van der Waals surface area contributed by atoms with Crippen LogP contribution in [0.3, 0.4) is 0 Å². The molecule has 0 spiro atoms. The van der Waals surface area contributed by atoms with Gasteiger partial charge in [0, 0.05) is 52.9 Å². The third-order valence-electron chi connectivity index (χ3n) is 5.28. The minimum atomic E-state index is -0.248. The Labute approximate surface area is 179 Å². The van der Waals surface area contributed by atoms with Crippen molar-refractivity contribution in [1.29, 1.82) is 0 Å². The summed E-state index contributed by atoms with van der Waals surface area (Å²) in [5.74, 6) is 0.614. The van der Waals surface area contributed by atoms with Gasteiger partial charge in [-0.3, -0.25) is 9.69 Å². The molecule has 0 unspecified atom stereocenters. The normalized spacial score (nSPS) is 18.8. The van der Waals surface area contributed by atoms with Crippen molar-refractivity contribution >= 4 is 18.0 Å². The monoisotopic (exact) mass is 426 g/mol. The zero-order valence-electron chi connectivity index (χ0n) is 18.7. The van der Waals surface area contributed by atoms with Crippen molar-refractivity contribution in [3.63, 3.8) is 0 Å². The van der Waals surface area contributed by atoms with Crippen LogP contribution < -0.4 is 10.6 Å². The van der Waals surface area contributed by atoms with Crippen LogP contribution in [0.5, 0.6) is 0 Å². The largest absolute Gasteiger partial charge is 0.450 e. The first-order valence-electron chi connectivity index (χ1n) is 11.0. The summed E-state index contributed by atoms with van der Waals surface area (Å²) in [7, 11) is 3.46. The number of guanidine groups is 1. The number of likely N-dealkylation sites (N-methyl/N-ethyl adjacent to an activating group) is 1. The number of likely N-dealkylation sites (tertiary alicyclic amines) is 1. The summed E-state index contributed by atoms with van der Waals surface area (Å²) in [6.07, 6.45) is 2.37. The average Bonchev–Trinajstić information content (AvgIpc) is 2.75. The number of hydrogen-bond donors (Lipinski definition) is 2. The number of nitrogens with one attached hydrogen (secondary N) is 2. The second-order valence-corrected chi connectivity index (χ2v) is 7.79. The molecule has 2 N–H and O–H groups in total. The molecule has 0 atom stereocenters. The lowest BCUT2D eigenvalue weighted by Crippen LogP contribution is -2.50. The fraction of sp³-hybridized carbons (Fsp3) is 0.850. The molecule has 2 amide bonds.